The Kier molecular flexibility index (Phi) is 0.630. The second-order valence-electron chi connectivity index (χ2n) is 1.30. The molecule has 0 unspecified atom stereocenters. The summed E-state index contributed by atoms with van der Waals surface area (Å²) in [6.45, 7) is -2.29. The molecule has 1 rings (SSSR count). The average molecular weight is 132 g/mol. The van der Waals surface area contributed by atoms with Gasteiger partial charge in [0, 0.05) is 21.0 Å². The van der Waals surface area contributed by atoms with Gasteiger partial charge in [0.25, 0.3) is 0 Å². The zero-order valence-electron chi connectivity index (χ0n) is 7.98. The molecule has 0 aliphatic carbocycles. The maximum Gasteiger partial charge on any atom is 0.0840 e. The van der Waals surface area contributed by atoms with Gasteiger partial charge >= 0.3 is 0 Å². The topological polar surface area (TPSA) is 12.9 Å². The Morgan fingerprint density at radius 3 is 3.50 bits per heavy atom. The molecule has 0 aliphatic rings. The van der Waals surface area contributed by atoms with Gasteiger partial charge < -0.3 is 0 Å². The monoisotopic (exact) mass is 131 g/mol. The third kappa shape index (κ3) is 1.20. The maximum atomic E-state index is 7.11. The number of aromatic nitrogens is 1. The highest BCUT2D eigenvalue weighted by Crippen LogP contribution is 2.05. The van der Waals surface area contributed by atoms with Crippen LogP contribution in [-0.4, -0.2) is 4.98 Å². The number of hydrogen-bond donors (Lipinski definition) is 0. The summed E-state index contributed by atoms with van der Waals surface area (Å²) < 4.78 is 28.1. The van der Waals surface area contributed by atoms with E-state index in [0.29, 0.717) is 0 Å². The summed E-state index contributed by atoms with van der Waals surface area (Å²) in [4.78, 5) is 3.52. The van der Waals surface area contributed by atoms with Crippen LogP contribution in [0.1, 0.15) is 11.2 Å². The maximum absolute atomic E-state index is 7.11. The Hall–Kier alpha value is -0.560. The summed E-state index contributed by atoms with van der Waals surface area (Å²) in [7, 11) is 0. The number of pyridine rings is 1. The van der Waals surface area contributed by atoms with Crippen LogP contribution in [0.3, 0.4) is 0 Å². The van der Waals surface area contributed by atoms with Crippen LogP contribution >= 0.6 is 11.6 Å². The van der Waals surface area contributed by atoms with Crippen molar-refractivity contribution in [3.8, 4) is 0 Å². The van der Waals surface area contributed by atoms with Gasteiger partial charge in [-0.15, -0.1) is 0 Å². The fourth-order valence-electron chi connectivity index (χ4n) is 0.368. The molecule has 0 saturated heterocycles. The molecule has 0 amide bonds. The number of halogens is 1. The minimum absolute atomic E-state index is 0.131. The number of aryl methyl sites for hydroxylation is 1. The van der Waals surface area contributed by atoms with Gasteiger partial charge in [-0.05, 0) is 19.0 Å². The first-order chi connectivity index (χ1) is 5.39. The van der Waals surface area contributed by atoms with Gasteiger partial charge in [0.2, 0.25) is 0 Å². The van der Waals surface area contributed by atoms with Gasteiger partial charge in [-0.3, -0.25) is 4.98 Å². The summed E-state index contributed by atoms with van der Waals surface area (Å²) in [6, 6.07) is 2.53. The van der Waals surface area contributed by atoms with E-state index in [0.717, 1.165) is 0 Å². The molecule has 0 aromatic carbocycles. The largest absolute Gasteiger partial charge is 0.262 e. The van der Waals surface area contributed by atoms with E-state index in [2.05, 4.69) is 4.98 Å². The molecule has 0 N–H and O–H groups in total. The van der Waals surface area contributed by atoms with Crippen LogP contribution in [0.25, 0.3) is 0 Å². The Labute approximate surface area is 58.9 Å². The first-order valence-corrected chi connectivity index (χ1v) is 2.42. The summed E-state index contributed by atoms with van der Waals surface area (Å²) in [5.74, 6) is 0. The van der Waals surface area contributed by atoms with Crippen molar-refractivity contribution in [1.29, 1.82) is 0 Å². The van der Waals surface area contributed by atoms with Crippen LogP contribution in [0.5, 0.6) is 0 Å². The van der Waals surface area contributed by atoms with Crippen molar-refractivity contribution in [3.05, 3.63) is 29.0 Å². The minimum atomic E-state index is -2.29. The van der Waals surface area contributed by atoms with Gasteiger partial charge in [0.05, 0.1) is 1.37 Å². The SMILES string of the molecule is [2H]c1cc(Cl)cc(C([2H])([2H])[2H])n1. The highest BCUT2D eigenvalue weighted by molar-refractivity contribution is 6.30. The molecule has 0 saturated carbocycles. The predicted molar refractivity (Wildman–Crippen MR) is 34.0 cm³/mol. The van der Waals surface area contributed by atoms with Crippen LogP contribution in [0.15, 0.2) is 18.3 Å². The lowest BCUT2D eigenvalue weighted by Crippen LogP contribution is -1.75. The second-order valence-corrected chi connectivity index (χ2v) is 1.74. The van der Waals surface area contributed by atoms with Gasteiger partial charge in [-0.25, -0.2) is 0 Å². The average Bonchev–Trinajstić information content (AvgIpc) is 1.82. The van der Waals surface area contributed by atoms with Crippen molar-refractivity contribution < 1.29 is 5.48 Å². The molecular formula is C6H6ClN. The quantitative estimate of drug-likeness (QED) is 0.525. The number of nitrogens with zero attached hydrogens (tertiary/aromatic N) is 1. The first kappa shape index (κ1) is 2.36. The lowest BCUT2D eigenvalue weighted by atomic mass is 10.4. The third-order valence-electron chi connectivity index (χ3n) is 0.662. The lowest BCUT2D eigenvalue weighted by Gasteiger charge is -1.88. The Morgan fingerprint density at radius 2 is 2.88 bits per heavy atom. The van der Waals surface area contributed by atoms with Crippen molar-refractivity contribution in [2.75, 3.05) is 0 Å². The van der Waals surface area contributed by atoms with Crippen molar-refractivity contribution in [3.63, 3.8) is 0 Å². The Morgan fingerprint density at radius 1 is 2.00 bits per heavy atom. The standard InChI is InChI=1S/C6H6ClN/c1-5-4-6(7)2-3-8-5/h2-4H,1H3/i1D3,3D. The third-order valence-corrected chi connectivity index (χ3v) is 0.880. The molecule has 1 nitrogen and oxygen atoms in total. The summed E-state index contributed by atoms with van der Waals surface area (Å²) in [5, 5.41) is 0.223. The molecule has 0 atom stereocenters. The van der Waals surface area contributed by atoms with Crippen molar-refractivity contribution >= 4 is 11.6 Å². The molecule has 8 heavy (non-hydrogen) atoms. The molecule has 0 aliphatic heterocycles. The van der Waals surface area contributed by atoms with Crippen LogP contribution in [-0.2, 0) is 0 Å². The molecule has 1 aromatic heterocycles. The van der Waals surface area contributed by atoms with Gasteiger partial charge in [-0.1, -0.05) is 11.6 Å². The normalized spacial score (nSPS) is 18.1. The Bertz CT molecular complexity index is 276. The molecule has 42 valence electrons. The van der Waals surface area contributed by atoms with Crippen molar-refractivity contribution in [2.24, 2.45) is 0 Å². The minimum Gasteiger partial charge on any atom is -0.262 e. The van der Waals surface area contributed by atoms with Crippen molar-refractivity contribution in [2.45, 2.75) is 6.85 Å². The van der Waals surface area contributed by atoms with E-state index < -0.39 is 6.85 Å². The van der Waals surface area contributed by atoms with E-state index in [4.69, 9.17) is 17.1 Å². The van der Waals surface area contributed by atoms with Crippen LogP contribution in [0.4, 0.5) is 0 Å². The molecule has 0 spiro atoms. The summed E-state index contributed by atoms with van der Waals surface area (Å²) >= 11 is 5.55. The van der Waals surface area contributed by atoms with Gasteiger partial charge in [0.1, 0.15) is 0 Å². The van der Waals surface area contributed by atoms with E-state index in [1.165, 1.54) is 12.1 Å². The number of hydrogen-bond acceptors (Lipinski definition) is 1. The van der Waals surface area contributed by atoms with Crippen molar-refractivity contribution in [1.82, 2.24) is 4.98 Å². The van der Waals surface area contributed by atoms with Crippen LogP contribution < -0.4 is 0 Å². The van der Waals surface area contributed by atoms with Crippen LogP contribution in [0, 0.1) is 6.85 Å². The first-order valence-electron chi connectivity index (χ1n) is 4.04. The van der Waals surface area contributed by atoms with Crippen LogP contribution in [0.2, 0.25) is 5.02 Å². The molecule has 1 heterocycles. The molecule has 0 radical (unpaired) electrons. The van der Waals surface area contributed by atoms with E-state index in [1.54, 1.807) is 0 Å². The zero-order valence-corrected chi connectivity index (χ0v) is 4.74. The fraction of sp³-hybridized carbons (Fsp3) is 0.167. The summed E-state index contributed by atoms with van der Waals surface area (Å²) in [6.07, 6.45) is -0.131. The highest BCUT2D eigenvalue weighted by Gasteiger charge is 1.84. The molecule has 0 fully saturated rings. The molecular weight excluding hydrogens is 122 g/mol. The van der Waals surface area contributed by atoms with Gasteiger partial charge in [0.15, 0.2) is 0 Å². The number of rotatable bonds is 0. The highest BCUT2D eigenvalue weighted by atomic mass is 35.5. The second kappa shape index (κ2) is 2.14. The molecule has 0 bridgehead atoms. The fourth-order valence-corrected chi connectivity index (χ4v) is 0.520. The Balaban J connectivity index is 3.18. The summed E-state index contributed by atoms with van der Waals surface area (Å²) in [5.41, 5.74) is -0.139. The predicted octanol–water partition coefficient (Wildman–Crippen LogP) is 2.04. The van der Waals surface area contributed by atoms with E-state index in [9.17, 15) is 0 Å². The zero-order chi connectivity index (χ0) is 9.35. The lowest BCUT2D eigenvalue weighted by molar-refractivity contribution is 1.20. The van der Waals surface area contributed by atoms with E-state index in [-0.39, 0.29) is 16.9 Å². The van der Waals surface area contributed by atoms with E-state index in [1.807, 2.05) is 0 Å². The smallest absolute Gasteiger partial charge is 0.0840 e. The van der Waals surface area contributed by atoms with Gasteiger partial charge in [-0.2, -0.15) is 0 Å². The molecule has 2 heteroatoms. The molecule has 1 aromatic rings. The van der Waals surface area contributed by atoms with E-state index >= 15 is 0 Å².